The monoisotopic (exact) mass is 396 g/mol. The maximum atomic E-state index is 9.57. The zero-order valence-corrected chi connectivity index (χ0v) is 16.8. The van der Waals surface area contributed by atoms with Crippen LogP contribution in [-0.2, 0) is 0 Å². The molecule has 0 spiro atoms. The largest absolute Gasteiger partial charge is 0.497 e. The zero-order valence-electron chi connectivity index (χ0n) is 16.8. The van der Waals surface area contributed by atoms with Crippen LogP contribution in [0.5, 0.6) is 5.75 Å². The fraction of sp³-hybridized carbons (Fsp3) is 0.476. The Morgan fingerprint density at radius 1 is 1.24 bits per heavy atom. The fourth-order valence-electron chi connectivity index (χ4n) is 3.93. The van der Waals surface area contributed by atoms with Gasteiger partial charge in [-0.05, 0) is 56.1 Å². The van der Waals surface area contributed by atoms with Crippen molar-refractivity contribution in [3.63, 3.8) is 0 Å². The van der Waals surface area contributed by atoms with E-state index in [2.05, 4.69) is 25.5 Å². The van der Waals surface area contributed by atoms with E-state index in [1.54, 1.807) is 18.0 Å². The van der Waals surface area contributed by atoms with E-state index in [4.69, 9.17) is 4.74 Å². The number of aliphatic hydroxyl groups is 1. The summed E-state index contributed by atoms with van der Waals surface area (Å²) >= 11 is 0. The van der Waals surface area contributed by atoms with Gasteiger partial charge in [-0.3, -0.25) is 4.90 Å². The van der Waals surface area contributed by atoms with E-state index in [0.717, 1.165) is 55.2 Å². The number of hydrogen-bond acceptors (Lipinski definition) is 7. The number of nitrogens with one attached hydrogen (secondary N) is 1. The summed E-state index contributed by atoms with van der Waals surface area (Å²) in [5.41, 5.74) is 3.48. The first-order valence-electron chi connectivity index (χ1n) is 10.2. The second-order valence-corrected chi connectivity index (χ2v) is 7.42. The van der Waals surface area contributed by atoms with Crippen LogP contribution in [0.1, 0.15) is 25.7 Å². The second kappa shape index (κ2) is 9.19. The van der Waals surface area contributed by atoms with Crippen molar-refractivity contribution in [2.75, 3.05) is 38.7 Å². The van der Waals surface area contributed by atoms with Gasteiger partial charge in [0, 0.05) is 24.7 Å². The average Bonchev–Trinajstić information content (AvgIpc) is 3.26. The molecule has 0 amide bonds. The quantitative estimate of drug-likeness (QED) is 0.566. The predicted octanol–water partition coefficient (Wildman–Crippen LogP) is 2.45. The van der Waals surface area contributed by atoms with Gasteiger partial charge in [-0.1, -0.05) is 6.42 Å². The standard InChI is InChI=1S/C21H28N6O2/c1-29-18-8-6-16(7-9-18)19-13-20(21-24-23-15-27(21)25-19)22-10-4-12-26-11-3-2-5-17(26)14-28/h6-9,13,15,17,22,28H,2-5,10-12,14H2,1H3. The number of benzene rings is 1. The maximum absolute atomic E-state index is 9.57. The number of aromatic nitrogens is 4. The molecule has 0 aliphatic carbocycles. The van der Waals surface area contributed by atoms with E-state index >= 15 is 0 Å². The van der Waals surface area contributed by atoms with E-state index < -0.39 is 0 Å². The molecule has 0 radical (unpaired) electrons. The third-order valence-corrected chi connectivity index (χ3v) is 5.55. The Balaban J connectivity index is 1.44. The van der Waals surface area contributed by atoms with Gasteiger partial charge in [-0.2, -0.15) is 9.61 Å². The van der Waals surface area contributed by atoms with Gasteiger partial charge in [0.1, 0.15) is 12.1 Å². The van der Waals surface area contributed by atoms with E-state index in [1.165, 1.54) is 12.8 Å². The highest BCUT2D eigenvalue weighted by Crippen LogP contribution is 2.25. The Bertz CT molecular complexity index is 927. The summed E-state index contributed by atoms with van der Waals surface area (Å²) in [5.74, 6) is 0.816. The predicted molar refractivity (Wildman–Crippen MR) is 112 cm³/mol. The molecule has 2 N–H and O–H groups in total. The molecular weight excluding hydrogens is 368 g/mol. The molecule has 3 heterocycles. The van der Waals surface area contributed by atoms with Crippen LogP contribution in [0.2, 0.25) is 0 Å². The number of fused-ring (bicyclic) bond motifs is 1. The minimum Gasteiger partial charge on any atom is -0.497 e. The van der Waals surface area contributed by atoms with Crippen LogP contribution in [0, 0.1) is 0 Å². The molecule has 8 heteroatoms. The number of likely N-dealkylation sites (tertiary alicyclic amines) is 1. The summed E-state index contributed by atoms with van der Waals surface area (Å²) in [7, 11) is 1.66. The lowest BCUT2D eigenvalue weighted by molar-refractivity contribution is 0.0901. The molecule has 8 nitrogen and oxygen atoms in total. The minimum atomic E-state index is 0.253. The van der Waals surface area contributed by atoms with Crippen LogP contribution in [0.4, 0.5) is 5.69 Å². The molecule has 1 aliphatic heterocycles. The molecule has 4 rings (SSSR count). The topological polar surface area (TPSA) is 87.8 Å². The van der Waals surface area contributed by atoms with Gasteiger partial charge in [0.2, 0.25) is 5.65 Å². The summed E-state index contributed by atoms with van der Waals surface area (Å²) in [6, 6.07) is 10.2. The third-order valence-electron chi connectivity index (χ3n) is 5.55. The summed E-state index contributed by atoms with van der Waals surface area (Å²) in [6.07, 6.45) is 6.15. The Hall–Kier alpha value is -2.71. The molecular formula is C21H28N6O2. The van der Waals surface area contributed by atoms with Crippen LogP contribution in [0.3, 0.4) is 0 Å². The maximum Gasteiger partial charge on any atom is 0.200 e. The molecule has 3 aromatic rings. The van der Waals surface area contributed by atoms with Crippen molar-refractivity contribution >= 4 is 11.3 Å². The number of piperidine rings is 1. The van der Waals surface area contributed by atoms with E-state index in [-0.39, 0.29) is 6.61 Å². The van der Waals surface area contributed by atoms with E-state index in [1.807, 2.05) is 30.3 Å². The minimum absolute atomic E-state index is 0.253. The van der Waals surface area contributed by atoms with Crippen LogP contribution in [0.15, 0.2) is 36.7 Å². The molecule has 29 heavy (non-hydrogen) atoms. The summed E-state index contributed by atoms with van der Waals surface area (Å²) in [5, 5.41) is 25.9. The third kappa shape index (κ3) is 4.49. The van der Waals surface area contributed by atoms with Crippen molar-refractivity contribution in [1.82, 2.24) is 24.7 Å². The van der Waals surface area contributed by atoms with E-state index in [9.17, 15) is 5.11 Å². The van der Waals surface area contributed by atoms with Crippen molar-refractivity contribution in [1.29, 1.82) is 0 Å². The van der Waals surface area contributed by atoms with Gasteiger partial charge in [0.05, 0.1) is 25.1 Å². The summed E-state index contributed by atoms with van der Waals surface area (Å²) < 4.78 is 6.94. The van der Waals surface area contributed by atoms with Crippen LogP contribution >= 0.6 is 0 Å². The lowest BCUT2D eigenvalue weighted by Crippen LogP contribution is -2.42. The average molecular weight is 396 g/mol. The Labute approximate surface area is 170 Å². The first-order chi connectivity index (χ1) is 14.3. The Morgan fingerprint density at radius 3 is 2.90 bits per heavy atom. The summed E-state index contributed by atoms with van der Waals surface area (Å²) in [6.45, 7) is 3.14. The molecule has 1 fully saturated rings. The fourth-order valence-corrected chi connectivity index (χ4v) is 3.93. The number of hydrogen-bond donors (Lipinski definition) is 2. The van der Waals surface area contributed by atoms with Crippen molar-refractivity contribution in [3.05, 3.63) is 36.7 Å². The Kier molecular flexibility index (Phi) is 6.21. The molecule has 0 bridgehead atoms. The Morgan fingerprint density at radius 2 is 2.10 bits per heavy atom. The molecule has 1 aromatic carbocycles. The number of anilines is 1. The SMILES string of the molecule is COc1ccc(-c2cc(NCCCN3CCCCC3CO)c3nncn3n2)cc1. The van der Waals surface area contributed by atoms with Crippen molar-refractivity contribution in [2.45, 2.75) is 31.7 Å². The molecule has 154 valence electrons. The summed E-state index contributed by atoms with van der Waals surface area (Å²) in [4.78, 5) is 2.41. The smallest absolute Gasteiger partial charge is 0.200 e. The first kappa shape index (κ1) is 19.6. The molecule has 1 atom stereocenters. The molecule has 1 unspecified atom stereocenters. The normalized spacial score (nSPS) is 17.5. The molecule has 2 aromatic heterocycles. The molecule has 0 saturated carbocycles. The lowest BCUT2D eigenvalue weighted by Gasteiger charge is -2.34. The molecule has 1 saturated heterocycles. The van der Waals surface area contributed by atoms with Gasteiger partial charge in [-0.15, -0.1) is 10.2 Å². The highest BCUT2D eigenvalue weighted by atomic mass is 16.5. The lowest BCUT2D eigenvalue weighted by atomic mass is 10.0. The number of aliphatic hydroxyl groups excluding tert-OH is 1. The number of nitrogens with zero attached hydrogens (tertiary/aromatic N) is 5. The number of ether oxygens (including phenoxy) is 1. The first-order valence-corrected chi connectivity index (χ1v) is 10.2. The highest BCUT2D eigenvalue weighted by molar-refractivity contribution is 5.73. The van der Waals surface area contributed by atoms with Crippen LogP contribution in [0.25, 0.3) is 16.9 Å². The van der Waals surface area contributed by atoms with Gasteiger partial charge < -0.3 is 15.2 Å². The number of rotatable bonds is 8. The van der Waals surface area contributed by atoms with Crippen LogP contribution in [-0.4, -0.2) is 69.2 Å². The van der Waals surface area contributed by atoms with E-state index in [0.29, 0.717) is 11.7 Å². The highest BCUT2D eigenvalue weighted by Gasteiger charge is 2.20. The van der Waals surface area contributed by atoms with Gasteiger partial charge in [-0.25, -0.2) is 0 Å². The van der Waals surface area contributed by atoms with Crippen molar-refractivity contribution in [3.8, 4) is 17.0 Å². The van der Waals surface area contributed by atoms with Gasteiger partial charge in [0.25, 0.3) is 0 Å². The van der Waals surface area contributed by atoms with Crippen LogP contribution < -0.4 is 10.1 Å². The zero-order chi connectivity index (χ0) is 20.1. The van der Waals surface area contributed by atoms with Gasteiger partial charge >= 0.3 is 0 Å². The number of methoxy groups -OCH3 is 1. The van der Waals surface area contributed by atoms with Crippen molar-refractivity contribution in [2.24, 2.45) is 0 Å². The van der Waals surface area contributed by atoms with Gasteiger partial charge in [0.15, 0.2) is 0 Å². The second-order valence-electron chi connectivity index (χ2n) is 7.42. The van der Waals surface area contributed by atoms with Crippen molar-refractivity contribution < 1.29 is 9.84 Å². The molecule has 1 aliphatic rings.